The molecule has 0 aromatic carbocycles. The van der Waals surface area contributed by atoms with E-state index in [1.54, 1.807) is 29.9 Å². The molecule has 1 aliphatic heterocycles. The van der Waals surface area contributed by atoms with Crippen molar-refractivity contribution in [1.29, 1.82) is 0 Å². The summed E-state index contributed by atoms with van der Waals surface area (Å²) in [6.45, 7) is 4.61. The number of alkyl halides is 1. The van der Waals surface area contributed by atoms with Gasteiger partial charge in [-0.25, -0.2) is 8.42 Å². The van der Waals surface area contributed by atoms with Crippen LogP contribution in [0.4, 0.5) is 0 Å². The third-order valence-corrected chi connectivity index (χ3v) is 6.30. The van der Waals surface area contributed by atoms with Gasteiger partial charge in [-0.1, -0.05) is 0 Å². The van der Waals surface area contributed by atoms with Crippen LogP contribution in [0.5, 0.6) is 0 Å². The van der Waals surface area contributed by atoms with E-state index in [1.807, 2.05) is 0 Å². The predicted octanol–water partition coefficient (Wildman–Crippen LogP) is 1.68. The fraction of sp³-hybridized carbons (Fsp3) is 0.750. The Morgan fingerprint density at radius 2 is 2.11 bits per heavy atom. The second-order valence-corrected chi connectivity index (χ2v) is 7.33. The molecule has 19 heavy (non-hydrogen) atoms. The average Bonchev–Trinajstić information content (AvgIpc) is 2.63. The van der Waals surface area contributed by atoms with Crippen molar-refractivity contribution in [3.63, 3.8) is 0 Å². The molecule has 108 valence electrons. The molecule has 1 atom stereocenters. The van der Waals surface area contributed by atoms with Crippen molar-refractivity contribution in [2.75, 3.05) is 19.0 Å². The monoisotopic (exact) mass is 305 g/mol. The highest BCUT2D eigenvalue weighted by Gasteiger charge is 2.33. The number of hydrogen-bond acceptors (Lipinski definition) is 3. The molecule has 0 radical (unpaired) electrons. The molecule has 1 saturated heterocycles. The minimum Gasteiger partial charge on any atom is -0.271 e. The first-order chi connectivity index (χ1) is 8.87. The Morgan fingerprint density at radius 1 is 1.42 bits per heavy atom. The van der Waals surface area contributed by atoms with E-state index in [0.29, 0.717) is 35.3 Å². The normalized spacial score (nSPS) is 21.8. The quantitative estimate of drug-likeness (QED) is 0.798. The summed E-state index contributed by atoms with van der Waals surface area (Å²) in [5.41, 5.74) is 1.25. The van der Waals surface area contributed by atoms with Gasteiger partial charge in [-0.2, -0.15) is 9.40 Å². The van der Waals surface area contributed by atoms with Gasteiger partial charge in [0.1, 0.15) is 4.90 Å². The highest BCUT2D eigenvalue weighted by Crippen LogP contribution is 2.27. The van der Waals surface area contributed by atoms with E-state index >= 15 is 0 Å². The molecule has 5 nitrogen and oxygen atoms in total. The molecular formula is C12H20ClN3O2S. The fourth-order valence-electron chi connectivity index (χ4n) is 2.63. The molecule has 2 rings (SSSR count). The molecule has 1 aliphatic rings. The molecule has 1 unspecified atom stereocenters. The lowest BCUT2D eigenvalue weighted by atomic mass is 10.0. The summed E-state index contributed by atoms with van der Waals surface area (Å²) in [4.78, 5) is 0.352. The molecular weight excluding hydrogens is 286 g/mol. The summed E-state index contributed by atoms with van der Waals surface area (Å²) in [5.74, 6) is 0.763. The van der Waals surface area contributed by atoms with Crippen molar-refractivity contribution in [3.05, 3.63) is 11.4 Å². The molecule has 2 heterocycles. The summed E-state index contributed by atoms with van der Waals surface area (Å²) >= 11 is 5.87. The highest BCUT2D eigenvalue weighted by molar-refractivity contribution is 7.89. The molecule has 0 aliphatic carbocycles. The maximum Gasteiger partial charge on any atom is 0.246 e. The highest BCUT2D eigenvalue weighted by atomic mass is 35.5. The number of hydrogen-bond donors (Lipinski definition) is 0. The van der Waals surface area contributed by atoms with Crippen LogP contribution in [0, 0.1) is 19.8 Å². The zero-order valence-corrected chi connectivity index (χ0v) is 13.1. The maximum atomic E-state index is 12.7. The average molecular weight is 306 g/mol. The van der Waals surface area contributed by atoms with E-state index in [1.165, 1.54) is 0 Å². The van der Waals surface area contributed by atoms with Crippen LogP contribution in [0.25, 0.3) is 0 Å². The number of aromatic nitrogens is 2. The lowest BCUT2D eigenvalue weighted by Crippen LogP contribution is -2.40. The van der Waals surface area contributed by atoms with E-state index in [-0.39, 0.29) is 5.92 Å². The Balaban J connectivity index is 2.37. The summed E-state index contributed by atoms with van der Waals surface area (Å²) < 4.78 is 28.6. The molecule has 0 spiro atoms. The predicted molar refractivity (Wildman–Crippen MR) is 74.9 cm³/mol. The van der Waals surface area contributed by atoms with Crippen molar-refractivity contribution >= 4 is 21.6 Å². The van der Waals surface area contributed by atoms with E-state index in [2.05, 4.69) is 5.10 Å². The van der Waals surface area contributed by atoms with Crippen LogP contribution in [-0.2, 0) is 17.1 Å². The number of nitrogens with zero attached hydrogens (tertiary/aromatic N) is 3. The van der Waals surface area contributed by atoms with Crippen LogP contribution < -0.4 is 0 Å². The zero-order chi connectivity index (χ0) is 14.2. The van der Waals surface area contributed by atoms with E-state index < -0.39 is 10.0 Å². The smallest absolute Gasteiger partial charge is 0.246 e. The summed E-state index contributed by atoms with van der Waals surface area (Å²) in [6.07, 6.45) is 1.87. The molecule has 1 aromatic heterocycles. The van der Waals surface area contributed by atoms with Crippen molar-refractivity contribution in [1.82, 2.24) is 14.1 Å². The first kappa shape index (κ1) is 14.8. The summed E-state index contributed by atoms with van der Waals surface area (Å²) in [7, 11) is -1.69. The third kappa shape index (κ3) is 2.66. The second kappa shape index (κ2) is 5.42. The summed E-state index contributed by atoms with van der Waals surface area (Å²) in [6, 6.07) is 0. The van der Waals surface area contributed by atoms with Crippen LogP contribution in [0.1, 0.15) is 24.2 Å². The number of sulfonamides is 1. The van der Waals surface area contributed by atoms with Gasteiger partial charge in [0.2, 0.25) is 10.0 Å². The topological polar surface area (TPSA) is 55.2 Å². The van der Waals surface area contributed by atoms with Crippen LogP contribution in [-0.4, -0.2) is 41.5 Å². The minimum absolute atomic E-state index is 0.252. The number of aryl methyl sites for hydroxylation is 2. The Bertz CT molecular complexity index is 568. The third-order valence-electron chi connectivity index (χ3n) is 3.74. The molecule has 0 saturated carbocycles. The van der Waals surface area contributed by atoms with Gasteiger partial charge in [-0.3, -0.25) is 4.68 Å². The van der Waals surface area contributed by atoms with Crippen LogP contribution >= 0.6 is 11.6 Å². The van der Waals surface area contributed by atoms with E-state index in [4.69, 9.17) is 11.6 Å². The molecule has 1 fully saturated rings. The van der Waals surface area contributed by atoms with Gasteiger partial charge >= 0.3 is 0 Å². The first-order valence-electron chi connectivity index (χ1n) is 6.44. The van der Waals surface area contributed by atoms with Crippen molar-refractivity contribution in [3.8, 4) is 0 Å². The van der Waals surface area contributed by atoms with Crippen molar-refractivity contribution in [2.45, 2.75) is 31.6 Å². The molecule has 7 heteroatoms. The summed E-state index contributed by atoms with van der Waals surface area (Å²) in [5, 5.41) is 4.20. The van der Waals surface area contributed by atoms with Gasteiger partial charge in [-0.15, -0.1) is 11.6 Å². The van der Waals surface area contributed by atoms with Crippen molar-refractivity contribution in [2.24, 2.45) is 13.0 Å². The zero-order valence-electron chi connectivity index (χ0n) is 11.6. The Kier molecular flexibility index (Phi) is 4.23. The fourth-order valence-corrected chi connectivity index (χ4v) is 4.83. The Labute approximate surface area is 119 Å². The van der Waals surface area contributed by atoms with Crippen LogP contribution in [0.3, 0.4) is 0 Å². The Morgan fingerprint density at radius 3 is 2.63 bits per heavy atom. The van der Waals surface area contributed by atoms with Gasteiger partial charge in [0, 0.05) is 26.0 Å². The van der Waals surface area contributed by atoms with Gasteiger partial charge < -0.3 is 0 Å². The number of halogens is 1. The van der Waals surface area contributed by atoms with E-state index in [9.17, 15) is 8.42 Å². The SMILES string of the molecule is Cc1nn(C)c(C)c1S(=O)(=O)N1CCCC(CCl)C1. The standard InChI is InChI=1S/C12H20ClN3O2S/c1-9-12(10(2)15(3)14-9)19(17,18)16-6-4-5-11(7-13)8-16/h11H,4-8H2,1-3H3. The number of rotatable bonds is 3. The van der Waals surface area contributed by atoms with Gasteiger partial charge in [-0.05, 0) is 32.6 Å². The van der Waals surface area contributed by atoms with Crippen molar-refractivity contribution < 1.29 is 8.42 Å². The lowest BCUT2D eigenvalue weighted by Gasteiger charge is -2.30. The van der Waals surface area contributed by atoms with Gasteiger partial charge in [0.05, 0.1) is 11.4 Å². The molecule has 0 bridgehead atoms. The van der Waals surface area contributed by atoms with Crippen LogP contribution in [0.2, 0.25) is 0 Å². The molecule has 1 aromatic rings. The minimum atomic E-state index is -3.45. The molecule has 0 amide bonds. The van der Waals surface area contributed by atoms with E-state index in [0.717, 1.165) is 12.8 Å². The van der Waals surface area contributed by atoms with Crippen LogP contribution in [0.15, 0.2) is 4.90 Å². The van der Waals surface area contributed by atoms with Gasteiger partial charge in [0.15, 0.2) is 0 Å². The van der Waals surface area contributed by atoms with Gasteiger partial charge in [0.25, 0.3) is 0 Å². The largest absolute Gasteiger partial charge is 0.271 e. The lowest BCUT2D eigenvalue weighted by molar-refractivity contribution is 0.283. The maximum absolute atomic E-state index is 12.7. The Hall–Kier alpha value is -0.590. The number of piperidine rings is 1. The molecule has 0 N–H and O–H groups in total. The second-order valence-electron chi connectivity index (χ2n) is 5.15. The first-order valence-corrected chi connectivity index (χ1v) is 8.41.